The lowest BCUT2D eigenvalue weighted by atomic mass is 9.87. The van der Waals surface area contributed by atoms with Crippen molar-refractivity contribution in [2.24, 2.45) is 0 Å². The molecule has 0 unspecified atom stereocenters. The van der Waals surface area contributed by atoms with Crippen molar-refractivity contribution in [3.05, 3.63) is 150 Å². The number of hydrogen-bond donors (Lipinski definition) is 0. The Kier molecular flexibility index (Phi) is 4.59. The number of allylic oxidation sites excluding steroid dienone is 2. The number of rotatable bonds is 2. The molecule has 198 valence electrons. The minimum atomic E-state index is 0.931. The summed E-state index contributed by atoms with van der Waals surface area (Å²) in [7, 11) is 0. The van der Waals surface area contributed by atoms with Crippen LogP contribution in [0.5, 0.6) is 0 Å². The number of benzene rings is 7. The van der Waals surface area contributed by atoms with Crippen molar-refractivity contribution in [1.29, 1.82) is 0 Å². The molecule has 9 aromatic rings. The maximum atomic E-state index is 2.47. The van der Waals surface area contributed by atoms with Gasteiger partial charge in [-0.1, -0.05) is 140 Å². The molecule has 43 heavy (non-hydrogen) atoms. The number of hydrogen-bond acceptors (Lipinski definition) is 0. The van der Waals surface area contributed by atoms with Gasteiger partial charge in [0, 0.05) is 0 Å². The molecule has 0 N–H and O–H groups in total. The summed E-state index contributed by atoms with van der Waals surface area (Å²) in [6.45, 7) is 0. The zero-order chi connectivity index (χ0) is 28.1. The van der Waals surface area contributed by atoms with E-state index in [0.29, 0.717) is 0 Å². The van der Waals surface area contributed by atoms with Crippen LogP contribution >= 0.6 is 0 Å². The zero-order valence-electron chi connectivity index (χ0n) is 23.6. The maximum Gasteiger partial charge on any atom is -0.000708 e. The van der Waals surface area contributed by atoms with Crippen molar-refractivity contribution in [2.45, 2.75) is 6.42 Å². The predicted molar refractivity (Wildman–Crippen MR) is 186 cm³/mol. The first-order valence-electron chi connectivity index (χ1n) is 15.2. The van der Waals surface area contributed by atoms with Gasteiger partial charge in [-0.15, -0.1) is 0 Å². The Morgan fingerprint density at radius 2 is 0.953 bits per heavy atom. The molecular formula is C43H26. The van der Waals surface area contributed by atoms with Gasteiger partial charge in [0.15, 0.2) is 0 Å². The van der Waals surface area contributed by atoms with Gasteiger partial charge in [0.25, 0.3) is 0 Å². The Balaban J connectivity index is 1.63. The van der Waals surface area contributed by atoms with Crippen molar-refractivity contribution in [2.75, 3.05) is 0 Å². The molecule has 0 atom stereocenters. The third-order valence-electron chi connectivity index (χ3n) is 9.75. The van der Waals surface area contributed by atoms with Crippen LogP contribution in [0.3, 0.4) is 0 Å². The second-order valence-electron chi connectivity index (χ2n) is 11.9. The largest absolute Gasteiger partial charge is 0.0801 e. The molecule has 0 saturated heterocycles. The quantitative estimate of drug-likeness (QED) is 0.204. The highest BCUT2D eigenvalue weighted by Crippen LogP contribution is 2.52. The summed E-state index contributed by atoms with van der Waals surface area (Å²) in [5.74, 6) is 0. The molecule has 0 nitrogen and oxygen atoms in total. The Morgan fingerprint density at radius 3 is 1.65 bits per heavy atom. The lowest BCUT2D eigenvalue weighted by Crippen LogP contribution is -2.01. The lowest BCUT2D eigenvalue weighted by Gasteiger charge is -2.15. The topological polar surface area (TPSA) is 0 Å². The summed E-state index contributed by atoms with van der Waals surface area (Å²) in [4.78, 5) is 0. The van der Waals surface area contributed by atoms with Crippen LogP contribution in [-0.2, 0) is 6.42 Å². The summed E-state index contributed by atoms with van der Waals surface area (Å²) >= 11 is 0. The smallest absolute Gasteiger partial charge is 0.000708 e. The molecule has 0 radical (unpaired) electrons. The Hall–Kier alpha value is -5.46. The van der Waals surface area contributed by atoms with Crippen LogP contribution in [0.1, 0.15) is 5.56 Å². The van der Waals surface area contributed by atoms with Crippen LogP contribution in [0.15, 0.2) is 140 Å². The molecule has 9 aromatic carbocycles. The van der Waals surface area contributed by atoms with Crippen molar-refractivity contribution in [3.63, 3.8) is 0 Å². The predicted octanol–water partition coefficient (Wildman–Crippen LogP) is 11.0. The average Bonchev–Trinajstić information content (AvgIpc) is 3.45. The molecule has 0 saturated carbocycles. The molecule has 1 aliphatic carbocycles. The molecule has 0 aromatic heterocycles. The van der Waals surface area contributed by atoms with Crippen LogP contribution in [0.2, 0.25) is 0 Å². The molecule has 0 aliphatic heterocycles. The summed E-state index contributed by atoms with van der Waals surface area (Å²) in [6, 6.07) is 47.3. The van der Waals surface area contributed by atoms with Crippen molar-refractivity contribution in [3.8, 4) is 22.3 Å². The van der Waals surface area contributed by atoms with E-state index >= 15 is 0 Å². The van der Waals surface area contributed by atoms with Gasteiger partial charge >= 0.3 is 0 Å². The normalized spacial score (nSPS) is 13.1. The minimum absolute atomic E-state index is 0.931. The lowest BCUT2D eigenvalue weighted by molar-refractivity contribution is 1.34. The van der Waals surface area contributed by atoms with E-state index in [4.69, 9.17) is 0 Å². The van der Waals surface area contributed by atoms with Gasteiger partial charge in [-0.3, -0.25) is 0 Å². The number of fused-ring (bicyclic) bond motifs is 8. The fourth-order valence-corrected chi connectivity index (χ4v) is 8.15. The van der Waals surface area contributed by atoms with Gasteiger partial charge < -0.3 is 0 Å². The highest BCUT2D eigenvalue weighted by atomic mass is 14.3. The maximum absolute atomic E-state index is 2.47. The fourth-order valence-electron chi connectivity index (χ4n) is 8.15. The Morgan fingerprint density at radius 1 is 0.395 bits per heavy atom. The molecule has 0 amide bonds. The van der Waals surface area contributed by atoms with Crippen molar-refractivity contribution in [1.82, 2.24) is 0 Å². The minimum Gasteiger partial charge on any atom is -0.0801 e. The molecular weight excluding hydrogens is 516 g/mol. The standard InChI is InChI=1S/C43H26/c1-3-13-27(14-4-1)37-40-32-23-11-18-26-19-12-24-33(36(26)32)41(40)38(28-15-5-2-6-16-28)43-35-25-29-17-7-8-20-30(29)31-21-9-10-22-34(39(31)35)42(37)43/h1-20,22-25H,21H2. The third kappa shape index (κ3) is 3.00. The van der Waals surface area contributed by atoms with Crippen LogP contribution in [0.4, 0.5) is 0 Å². The van der Waals surface area contributed by atoms with Crippen molar-refractivity contribution < 1.29 is 0 Å². The first-order chi connectivity index (χ1) is 21.4. The average molecular weight is 543 g/mol. The van der Waals surface area contributed by atoms with E-state index in [2.05, 4.69) is 146 Å². The molecule has 0 heteroatoms. The SMILES string of the molecule is C1=CCc2c3ccccc3cc3c2c(c2c(-c4ccccc4)c4c5cccc6cccc(c4c(-c4ccccc4)c23)c65)=C1. The van der Waals surface area contributed by atoms with Crippen LogP contribution in [-0.4, -0.2) is 0 Å². The highest BCUT2D eigenvalue weighted by Gasteiger charge is 2.27. The van der Waals surface area contributed by atoms with Gasteiger partial charge in [-0.2, -0.15) is 0 Å². The molecule has 0 fully saturated rings. The second kappa shape index (κ2) is 8.53. The summed E-state index contributed by atoms with van der Waals surface area (Å²) < 4.78 is 0. The summed E-state index contributed by atoms with van der Waals surface area (Å²) in [5.41, 5.74) is 6.68. The molecule has 0 spiro atoms. The molecule has 1 aliphatic rings. The monoisotopic (exact) mass is 542 g/mol. The van der Waals surface area contributed by atoms with Crippen molar-refractivity contribution >= 4 is 70.7 Å². The highest BCUT2D eigenvalue weighted by molar-refractivity contribution is 6.43. The molecule has 0 bridgehead atoms. The van der Waals surface area contributed by atoms with E-state index in [1.165, 1.54) is 97.7 Å². The molecule has 0 heterocycles. The summed E-state index contributed by atoms with van der Waals surface area (Å²) in [5, 5.41) is 17.6. The van der Waals surface area contributed by atoms with Crippen LogP contribution in [0, 0.1) is 0 Å². The van der Waals surface area contributed by atoms with E-state index < -0.39 is 0 Å². The first-order valence-corrected chi connectivity index (χ1v) is 15.2. The van der Waals surface area contributed by atoms with Gasteiger partial charge in [-0.25, -0.2) is 0 Å². The van der Waals surface area contributed by atoms with Gasteiger partial charge in [0.05, 0.1) is 0 Å². The van der Waals surface area contributed by atoms with E-state index in [1.807, 2.05) is 0 Å². The van der Waals surface area contributed by atoms with Crippen LogP contribution in [0.25, 0.3) is 93.0 Å². The van der Waals surface area contributed by atoms with E-state index in [0.717, 1.165) is 6.42 Å². The van der Waals surface area contributed by atoms with Gasteiger partial charge in [0.2, 0.25) is 0 Å². The second-order valence-corrected chi connectivity index (χ2v) is 11.9. The summed E-state index contributed by atoms with van der Waals surface area (Å²) in [6.07, 6.45) is 7.92. The Labute approximate surface area is 249 Å². The Bertz CT molecular complexity index is 2650. The third-order valence-corrected chi connectivity index (χ3v) is 9.75. The van der Waals surface area contributed by atoms with Gasteiger partial charge in [0.1, 0.15) is 0 Å². The van der Waals surface area contributed by atoms with E-state index in [-0.39, 0.29) is 0 Å². The van der Waals surface area contributed by atoms with E-state index in [1.54, 1.807) is 0 Å². The zero-order valence-corrected chi connectivity index (χ0v) is 23.6. The van der Waals surface area contributed by atoms with Gasteiger partial charge in [-0.05, 0) is 110 Å². The van der Waals surface area contributed by atoms with Crippen LogP contribution < -0.4 is 5.22 Å². The van der Waals surface area contributed by atoms with E-state index in [9.17, 15) is 0 Å². The fraction of sp³-hybridized carbons (Fsp3) is 0.0233. The first kappa shape index (κ1) is 23.1. The molecule has 10 rings (SSSR count).